The van der Waals surface area contributed by atoms with Crippen molar-refractivity contribution in [1.29, 1.82) is 0 Å². The Morgan fingerprint density at radius 1 is 0.950 bits per heavy atom. The van der Waals surface area contributed by atoms with Crippen LogP contribution >= 0.6 is 0 Å². The lowest BCUT2D eigenvalue weighted by Gasteiger charge is -2.18. The van der Waals surface area contributed by atoms with Gasteiger partial charge in [0.1, 0.15) is 11.9 Å². The molecule has 0 saturated carbocycles. The Balaban J connectivity index is 1.54. The SMILES string of the molecule is CCOC(=O)CC[C@H](NC(=O)c1ccc(NCc2cnc3nc(N)nc(N)c3c2)c2ccccc12)C(=O)OCC. The molecule has 0 aliphatic rings. The summed E-state index contributed by atoms with van der Waals surface area (Å²) in [5, 5.41) is 8.20. The molecule has 0 unspecified atom stereocenters. The summed E-state index contributed by atoms with van der Waals surface area (Å²) in [4.78, 5) is 50.1. The Hall–Kier alpha value is -5.00. The van der Waals surface area contributed by atoms with Gasteiger partial charge in [-0.1, -0.05) is 24.3 Å². The van der Waals surface area contributed by atoms with Crippen molar-refractivity contribution in [2.45, 2.75) is 39.3 Å². The predicted molar refractivity (Wildman–Crippen MR) is 151 cm³/mol. The molecular weight excluding hydrogens is 514 g/mol. The molecular formula is C28H31N7O5. The van der Waals surface area contributed by atoms with Crippen molar-refractivity contribution >= 4 is 57.1 Å². The molecule has 2 aromatic carbocycles. The predicted octanol–water partition coefficient (Wildman–Crippen LogP) is 2.96. The van der Waals surface area contributed by atoms with Crippen LogP contribution in [0.1, 0.15) is 42.6 Å². The highest BCUT2D eigenvalue weighted by Gasteiger charge is 2.25. The van der Waals surface area contributed by atoms with Gasteiger partial charge in [0, 0.05) is 35.8 Å². The van der Waals surface area contributed by atoms with E-state index in [0.717, 1.165) is 16.6 Å². The fourth-order valence-electron chi connectivity index (χ4n) is 4.26. The quantitative estimate of drug-likeness (QED) is 0.203. The normalized spacial score (nSPS) is 11.7. The molecule has 0 spiro atoms. The summed E-state index contributed by atoms with van der Waals surface area (Å²) in [5.41, 5.74) is 14.1. The van der Waals surface area contributed by atoms with Crippen molar-refractivity contribution in [1.82, 2.24) is 20.3 Å². The summed E-state index contributed by atoms with van der Waals surface area (Å²) >= 11 is 0. The minimum atomic E-state index is -0.999. The van der Waals surface area contributed by atoms with Crippen LogP contribution in [0, 0.1) is 0 Å². The zero-order valence-electron chi connectivity index (χ0n) is 22.3. The topological polar surface area (TPSA) is 184 Å². The van der Waals surface area contributed by atoms with Crippen LogP contribution in [0.3, 0.4) is 0 Å². The molecule has 2 aromatic heterocycles. The number of nitrogens with zero attached hydrogens (tertiary/aromatic N) is 3. The maximum atomic E-state index is 13.3. The van der Waals surface area contributed by atoms with E-state index in [4.69, 9.17) is 20.9 Å². The average molecular weight is 546 g/mol. The number of aromatic nitrogens is 3. The van der Waals surface area contributed by atoms with Crippen molar-refractivity contribution in [2.75, 3.05) is 30.0 Å². The number of nitrogens with two attached hydrogens (primary N) is 2. The number of ether oxygens (including phenoxy) is 2. The zero-order valence-corrected chi connectivity index (χ0v) is 22.3. The van der Waals surface area contributed by atoms with E-state index in [1.54, 1.807) is 32.2 Å². The number of hydrogen-bond acceptors (Lipinski definition) is 11. The van der Waals surface area contributed by atoms with Gasteiger partial charge in [0.2, 0.25) is 5.95 Å². The largest absolute Gasteiger partial charge is 0.466 e. The Bertz CT molecular complexity index is 1560. The lowest BCUT2D eigenvalue weighted by atomic mass is 10.0. The van der Waals surface area contributed by atoms with Gasteiger partial charge in [0.15, 0.2) is 5.65 Å². The molecule has 4 aromatic rings. The van der Waals surface area contributed by atoms with Crippen molar-refractivity contribution < 1.29 is 23.9 Å². The van der Waals surface area contributed by atoms with Crippen molar-refractivity contribution in [3.8, 4) is 0 Å². The molecule has 12 heteroatoms. The summed E-state index contributed by atoms with van der Waals surface area (Å²) < 4.78 is 10.1. The van der Waals surface area contributed by atoms with Gasteiger partial charge < -0.3 is 31.6 Å². The molecule has 40 heavy (non-hydrogen) atoms. The molecule has 0 bridgehead atoms. The minimum absolute atomic E-state index is 0.0318. The zero-order chi connectivity index (χ0) is 28.6. The standard InChI is InChI=1S/C28H31N7O5/c1-3-39-23(36)12-11-22(27(38)40-4-2)33-26(37)19-9-10-21(18-8-6-5-7-17(18)19)31-14-16-13-20-24(29)34-28(30)35-25(20)32-15-16/h5-10,13,15,22,31H,3-4,11-12,14H2,1-2H3,(H,33,37)(H4,29,30,32,34,35)/t22-/m0/s1. The summed E-state index contributed by atoms with van der Waals surface area (Å²) in [7, 11) is 0. The van der Waals surface area contributed by atoms with E-state index in [1.165, 1.54) is 0 Å². The number of nitrogen functional groups attached to an aromatic ring is 2. The minimum Gasteiger partial charge on any atom is -0.466 e. The molecule has 4 rings (SSSR count). The van der Waals surface area contributed by atoms with E-state index < -0.39 is 23.9 Å². The van der Waals surface area contributed by atoms with Crippen LogP contribution in [-0.2, 0) is 25.6 Å². The van der Waals surface area contributed by atoms with Crippen LogP contribution in [0.25, 0.3) is 21.8 Å². The van der Waals surface area contributed by atoms with Crippen LogP contribution in [0.5, 0.6) is 0 Å². The number of nitrogens with one attached hydrogen (secondary N) is 2. The number of esters is 2. The number of hydrogen-bond donors (Lipinski definition) is 4. The van der Waals surface area contributed by atoms with Crippen LogP contribution in [-0.4, -0.2) is 52.1 Å². The van der Waals surface area contributed by atoms with Crippen LogP contribution in [0.4, 0.5) is 17.5 Å². The highest BCUT2D eigenvalue weighted by atomic mass is 16.5. The maximum Gasteiger partial charge on any atom is 0.328 e. The van der Waals surface area contributed by atoms with Crippen molar-refractivity contribution in [3.05, 3.63) is 59.8 Å². The fourth-order valence-corrected chi connectivity index (χ4v) is 4.26. The van der Waals surface area contributed by atoms with Crippen LogP contribution < -0.4 is 22.1 Å². The molecule has 2 heterocycles. The summed E-state index contributed by atoms with van der Waals surface area (Å²) in [6, 6.07) is 11.7. The number of pyridine rings is 1. The highest BCUT2D eigenvalue weighted by molar-refractivity contribution is 6.11. The number of carbonyl (C=O) groups is 3. The van der Waals surface area contributed by atoms with Gasteiger partial charge >= 0.3 is 11.9 Å². The number of anilines is 3. The van der Waals surface area contributed by atoms with Gasteiger partial charge in [0.05, 0.1) is 18.6 Å². The Kier molecular flexibility index (Phi) is 8.89. The van der Waals surface area contributed by atoms with Gasteiger partial charge in [-0.2, -0.15) is 9.97 Å². The summed E-state index contributed by atoms with van der Waals surface area (Å²) in [6.45, 7) is 4.17. The first kappa shape index (κ1) is 28.0. The smallest absolute Gasteiger partial charge is 0.328 e. The molecule has 1 amide bonds. The van der Waals surface area contributed by atoms with Crippen LogP contribution in [0.15, 0.2) is 48.7 Å². The molecule has 0 radical (unpaired) electrons. The number of rotatable bonds is 11. The third-order valence-corrected chi connectivity index (χ3v) is 6.13. The fraction of sp³-hybridized carbons (Fsp3) is 0.286. The number of fused-ring (bicyclic) bond motifs is 2. The second-order valence-corrected chi connectivity index (χ2v) is 8.86. The third kappa shape index (κ3) is 6.52. The van der Waals surface area contributed by atoms with Crippen molar-refractivity contribution in [3.63, 3.8) is 0 Å². The second-order valence-electron chi connectivity index (χ2n) is 8.86. The highest BCUT2D eigenvalue weighted by Crippen LogP contribution is 2.28. The van der Waals surface area contributed by atoms with Gasteiger partial charge in [0.25, 0.3) is 5.91 Å². The Labute approximate surface area is 230 Å². The monoisotopic (exact) mass is 545 g/mol. The van der Waals surface area contributed by atoms with Gasteiger partial charge in [-0.3, -0.25) is 9.59 Å². The van der Waals surface area contributed by atoms with E-state index in [0.29, 0.717) is 28.5 Å². The Morgan fingerprint density at radius 2 is 1.70 bits per heavy atom. The third-order valence-electron chi connectivity index (χ3n) is 6.13. The molecule has 1 atom stereocenters. The maximum absolute atomic E-state index is 13.3. The molecule has 12 nitrogen and oxygen atoms in total. The Morgan fingerprint density at radius 3 is 2.45 bits per heavy atom. The van der Waals surface area contributed by atoms with E-state index in [-0.39, 0.29) is 37.8 Å². The van der Waals surface area contributed by atoms with Gasteiger partial charge in [-0.05, 0) is 49.4 Å². The molecule has 6 N–H and O–H groups in total. The van der Waals surface area contributed by atoms with Gasteiger partial charge in [-0.25, -0.2) is 9.78 Å². The van der Waals surface area contributed by atoms with Gasteiger partial charge in [-0.15, -0.1) is 0 Å². The first-order valence-electron chi connectivity index (χ1n) is 12.9. The molecule has 0 aliphatic carbocycles. The molecule has 0 fully saturated rings. The van der Waals surface area contributed by atoms with Crippen LogP contribution in [0.2, 0.25) is 0 Å². The number of amides is 1. The first-order valence-corrected chi connectivity index (χ1v) is 12.9. The number of carbonyl (C=O) groups excluding carboxylic acids is 3. The molecule has 0 saturated heterocycles. The van der Waals surface area contributed by atoms with E-state index in [9.17, 15) is 14.4 Å². The lowest BCUT2D eigenvalue weighted by molar-refractivity contribution is -0.146. The van der Waals surface area contributed by atoms with E-state index in [1.807, 2.05) is 30.3 Å². The molecule has 208 valence electrons. The lowest BCUT2D eigenvalue weighted by Crippen LogP contribution is -2.42. The summed E-state index contributed by atoms with van der Waals surface area (Å²) in [5.74, 6) is -1.21. The second kappa shape index (κ2) is 12.7. The average Bonchev–Trinajstić information content (AvgIpc) is 2.94. The summed E-state index contributed by atoms with van der Waals surface area (Å²) in [6.07, 6.45) is 1.70. The van der Waals surface area contributed by atoms with E-state index in [2.05, 4.69) is 25.6 Å². The number of benzene rings is 2. The van der Waals surface area contributed by atoms with Crippen molar-refractivity contribution in [2.24, 2.45) is 0 Å². The molecule has 0 aliphatic heterocycles. The first-order chi connectivity index (χ1) is 19.3. The van der Waals surface area contributed by atoms with E-state index >= 15 is 0 Å².